The fraction of sp³-hybridized carbons (Fsp3) is 0.429. The van der Waals surface area contributed by atoms with Gasteiger partial charge < -0.3 is 9.67 Å². The maximum atomic E-state index is 11.3. The van der Waals surface area contributed by atoms with Crippen LogP contribution >= 0.6 is 0 Å². The number of benzene rings is 1. The summed E-state index contributed by atoms with van der Waals surface area (Å²) in [5, 5.41) is 9.29. The maximum Gasteiger partial charge on any atom is 0.337 e. The van der Waals surface area contributed by atoms with Crippen molar-refractivity contribution >= 4 is 17.0 Å². The molecule has 0 spiro atoms. The lowest BCUT2D eigenvalue weighted by Crippen LogP contribution is -2.09. The van der Waals surface area contributed by atoms with Crippen molar-refractivity contribution < 1.29 is 9.90 Å². The van der Waals surface area contributed by atoms with E-state index < -0.39 is 5.97 Å². The van der Waals surface area contributed by atoms with Crippen molar-refractivity contribution in [3.63, 3.8) is 0 Å². The number of aryl methyl sites for hydroxylation is 1. The standard InChI is InChI=1S/C14H18N2O2/c1-4-6-12-15-11-8-5-7-10(14(17)18)13(11)16(12)9(2)3/h5,7-9H,4,6H2,1-3H3,(H,17,18). The molecule has 0 bridgehead atoms. The molecule has 0 aliphatic heterocycles. The van der Waals surface area contributed by atoms with Crippen LogP contribution in [0.3, 0.4) is 0 Å². The Kier molecular flexibility index (Phi) is 3.36. The van der Waals surface area contributed by atoms with Crippen LogP contribution in [-0.4, -0.2) is 20.6 Å². The molecule has 0 unspecified atom stereocenters. The second kappa shape index (κ2) is 4.80. The lowest BCUT2D eigenvalue weighted by Gasteiger charge is -2.13. The van der Waals surface area contributed by atoms with Crippen molar-refractivity contribution in [3.8, 4) is 0 Å². The van der Waals surface area contributed by atoms with E-state index in [2.05, 4.69) is 25.8 Å². The van der Waals surface area contributed by atoms with Gasteiger partial charge in [0.05, 0.1) is 16.6 Å². The number of carboxylic acid groups (broad SMARTS) is 1. The molecule has 0 saturated carbocycles. The average molecular weight is 246 g/mol. The summed E-state index contributed by atoms with van der Waals surface area (Å²) in [5.74, 6) is 0.0710. The van der Waals surface area contributed by atoms with Crippen molar-refractivity contribution in [2.24, 2.45) is 0 Å². The molecule has 0 aliphatic carbocycles. The van der Waals surface area contributed by atoms with E-state index in [4.69, 9.17) is 0 Å². The quantitative estimate of drug-likeness (QED) is 0.900. The number of imidazole rings is 1. The molecule has 96 valence electrons. The van der Waals surface area contributed by atoms with Gasteiger partial charge >= 0.3 is 5.97 Å². The summed E-state index contributed by atoms with van der Waals surface area (Å²) in [7, 11) is 0. The van der Waals surface area contributed by atoms with E-state index in [1.54, 1.807) is 12.1 Å². The van der Waals surface area contributed by atoms with Gasteiger partial charge in [0.2, 0.25) is 0 Å². The van der Waals surface area contributed by atoms with Gasteiger partial charge in [0.15, 0.2) is 0 Å². The van der Waals surface area contributed by atoms with Gasteiger partial charge in [-0.25, -0.2) is 9.78 Å². The monoisotopic (exact) mass is 246 g/mol. The molecule has 0 radical (unpaired) electrons. The van der Waals surface area contributed by atoms with Crippen LogP contribution in [0.1, 0.15) is 49.4 Å². The Morgan fingerprint density at radius 2 is 2.17 bits per heavy atom. The summed E-state index contributed by atoms with van der Waals surface area (Å²) < 4.78 is 2.04. The van der Waals surface area contributed by atoms with Crippen LogP contribution in [0.2, 0.25) is 0 Å². The molecular weight excluding hydrogens is 228 g/mol. The first kappa shape index (κ1) is 12.6. The number of aromatic carboxylic acids is 1. The molecule has 2 aromatic rings. The number of aromatic nitrogens is 2. The fourth-order valence-electron chi connectivity index (χ4n) is 2.33. The summed E-state index contributed by atoms with van der Waals surface area (Å²) in [4.78, 5) is 15.9. The lowest BCUT2D eigenvalue weighted by atomic mass is 10.1. The van der Waals surface area contributed by atoms with E-state index in [1.807, 2.05) is 10.6 Å². The van der Waals surface area contributed by atoms with E-state index in [9.17, 15) is 9.90 Å². The summed E-state index contributed by atoms with van der Waals surface area (Å²) >= 11 is 0. The molecule has 0 atom stereocenters. The average Bonchev–Trinajstić information content (AvgIpc) is 2.66. The molecule has 0 amide bonds. The van der Waals surface area contributed by atoms with Crippen LogP contribution in [0.4, 0.5) is 0 Å². The SMILES string of the molecule is CCCc1nc2cccc(C(=O)O)c2n1C(C)C. The van der Waals surface area contributed by atoms with Crippen LogP contribution in [0.15, 0.2) is 18.2 Å². The van der Waals surface area contributed by atoms with Crippen LogP contribution in [-0.2, 0) is 6.42 Å². The Morgan fingerprint density at radius 3 is 2.72 bits per heavy atom. The molecule has 0 saturated heterocycles. The molecule has 1 N–H and O–H groups in total. The van der Waals surface area contributed by atoms with Gasteiger partial charge in [-0.1, -0.05) is 13.0 Å². The predicted octanol–water partition coefficient (Wildman–Crippen LogP) is 3.27. The fourth-order valence-corrected chi connectivity index (χ4v) is 2.33. The van der Waals surface area contributed by atoms with Crippen molar-refractivity contribution in [3.05, 3.63) is 29.6 Å². The zero-order chi connectivity index (χ0) is 13.3. The first-order valence-corrected chi connectivity index (χ1v) is 6.29. The van der Waals surface area contributed by atoms with Crippen molar-refractivity contribution in [2.75, 3.05) is 0 Å². The molecule has 2 rings (SSSR count). The minimum atomic E-state index is -0.898. The number of hydrogen-bond donors (Lipinski definition) is 1. The number of carbonyl (C=O) groups is 1. The number of hydrogen-bond acceptors (Lipinski definition) is 2. The third kappa shape index (κ3) is 1.98. The normalized spacial score (nSPS) is 11.3. The zero-order valence-electron chi connectivity index (χ0n) is 11.0. The van der Waals surface area contributed by atoms with Crippen LogP contribution in [0, 0.1) is 0 Å². The minimum Gasteiger partial charge on any atom is -0.478 e. The van der Waals surface area contributed by atoms with E-state index >= 15 is 0 Å². The topological polar surface area (TPSA) is 55.1 Å². The highest BCUT2D eigenvalue weighted by Gasteiger charge is 2.18. The number of rotatable bonds is 4. The van der Waals surface area contributed by atoms with Gasteiger partial charge in [-0.05, 0) is 32.4 Å². The Balaban J connectivity index is 2.79. The first-order chi connectivity index (χ1) is 8.56. The number of nitrogens with zero attached hydrogens (tertiary/aromatic N) is 2. The minimum absolute atomic E-state index is 0.206. The molecule has 18 heavy (non-hydrogen) atoms. The third-order valence-electron chi connectivity index (χ3n) is 3.00. The number of para-hydroxylation sites is 1. The van der Waals surface area contributed by atoms with Crippen LogP contribution < -0.4 is 0 Å². The number of fused-ring (bicyclic) bond motifs is 1. The molecule has 1 aromatic heterocycles. The van der Waals surface area contributed by atoms with Crippen molar-refractivity contribution in [1.82, 2.24) is 9.55 Å². The van der Waals surface area contributed by atoms with Gasteiger partial charge in [-0.15, -0.1) is 0 Å². The van der Waals surface area contributed by atoms with E-state index in [0.717, 1.165) is 29.7 Å². The maximum absolute atomic E-state index is 11.3. The van der Waals surface area contributed by atoms with E-state index in [-0.39, 0.29) is 6.04 Å². The van der Waals surface area contributed by atoms with Crippen molar-refractivity contribution in [1.29, 1.82) is 0 Å². The third-order valence-corrected chi connectivity index (χ3v) is 3.00. The molecule has 1 heterocycles. The van der Waals surface area contributed by atoms with Gasteiger partial charge in [0, 0.05) is 12.5 Å². The second-order valence-corrected chi connectivity index (χ2v) is 4.72. The summed E-state index contributed by atoms with van der Waals surface area (Å²) in [6.07, 6.45) is 1.87. The molecule has 4 heteroatoms. The highest BCUT2D eigenvalue weighted by Crippen LogP contribution is 2.25. The lowest BCUT2D eigenvalue weighted by molar-refractivity contribution is 0.0698. The van der Waals surface area contributed by atoms with Gasteiger partial charge in [-0.3, -0.25) is 0 Å². The summed E-state index contributed by atoms with van der Waals surface area (Å²) in [5.41, 5.74) is 1.84. The molecule has 1 aromatic carbocycles. The molecule has 0 aliphatic rings. The highest BCUT2D eigenvalue weighted by molar-refractivity contribution is 6.01. The molecule has 4 nitrogen and oxygen atoms in total. The van der Waals surface area contributed by atoms with Gasteiger partial charge in [-0.2, -0.15) is 0 Å². The Morgan fingerprint density at radius 1 is 1.44 bits per heavy atom. The Labute approximate surface area is 106 Å². The van der Waals surface area contributed by atoms with Gasteiger partial charge in [0.25, 0.3) is 0 Å². The summed E-state index contributed by atoms with van der Waals surface area (Å²) in [6.45, 7) is 6.21. The predicted molar refractivity (Wildman–Crippen MR) is 71.1 cm³/mol. The second-order valence-electron chi connectivity index (χ2n) is 4.72. The summed E-state index contributed by atoms with van der Waals surface area (Å²) in [6, 6.07) is 5.47. The number of carboxylic acids is 1. The van der Waals surface area contributed by atoms with Crippen LogP contribution in [0.25, 0.3) is 11.0 Å². The van der Waals surface area contributed by atoms with E-state index in [1.165, 1.54) is 0 Å². The smallest absolute Gasteiger partial charge is 0.337 e. The Bertz CT molecular complexity index is 585. The van der Waals surface area contributed by atoms with Gasteiger partial charge in [0.1, 0.15) is 5.82 Å². The highest BCUT2D eigenvalue weighted by atomic mass is 16.4. The Hall–Kier alpha value is -1.84. The molecule has 0 fully saturated rings. The van der Waals surface area contributed by atoms with Crippen molar-refractivity contribution in [2.45, 2.75) is 39.7 Å². The molecular formula is C14H18N2O2. The largest absolute Gasteiger partial charge is 0.478 e. The first-order valence-electron chi connectivity index (χ1n) is 6.29. The van der Waals surface area contributed by atoms with E-state index in [0.29, 0.717) is 5.56 Å². The zero-order valence-corrected chi connectivity index (χ0v) is 11.0. The van der Waals surface area contributed by atoms with Crippen LogP contribution in [0.5, 0.6) is 0 Å².